The highest BCUT2D eigenvalue weighted by Gasteiger charge is 2.49. The summed E-state index contributed by atoms with van der Waals surface area (Å²) in [6.45, 7) is 11.1. The molecule has 0 spiro atoms. The van der Waals surface area contributed by atoms with E-state index >= 15 is 0 Å². The number of ether oxygens (including phenoxy) is 1. The Kier molecular flexibility index (Phi) is 8.76. The molecule has 202 valence electrons. The molecule has 1 heterocycles. The second-order valence-corrected chi connectivity index (χ2v) is 11.6. The molecule has 1 aliphatic heterocycles. The number of amides is 2. The largest absolute Gasteiger partial charge is 0.443 e. The van der Waals surface area contributed by atoms with Crippen molar-refractivity contribution in [1.82, 2.24) is 15.1 Å². The molecule has 1 aromatic rings. The number of halogens is 3. The molecule has 1 N–H and O–H groups in total. The van der Waals surface area contributed by atoms with E-state index < -0.39 is 29.5 Å². The standard InChI is InChI=1S/C27H40F3N3O3/c1-17(2)12-22(31-6)24(34)33(25(35)36-26(3,4)5)23-11-10-19-15-32(16-21(19)23)14-18-8-7-9-20(13-18)27(28,29)30/h7-9,13,17,19,21-23,31H,10-12,14-16H2,1-6H3/t19-,21+,22-,23+/m0/s1. The number of benzene rings is 1. The van der Waals surface area contributed by atoms with Gasteiger partial charge in [-0.25, -0.2) is 9.69 Å². The maximum Gasteiger partial charge on any atom is 0.417 e. The molecule has 0 aromatic heterocycles. The maximum absolute atomic E-state index is 13.7. The highest BCUT2D eigenvalue weighted by Crippen LogP contribution is 2.42. The summed E-state index contributed by atoms with van der Waals surface area (Å²) in [5, 5.41) is 3.07. The molecule has 1 aromatic carbocycles. The first kappa shape index (κ1) is 28.4. The molecule has 0 unspecified atom stereocenters. The van der Waals surface area contributed by atoms with Crippen LogP contribution in [0.4, 0.5) is 18.0 Å². The average Bonchev–Trinajstić information content (AvgIpc) is 3.31. The van der Waals surface area contributed by atoms with Crippen molar-refractivity contribution < 1.29 is 27.5 Å². The zero-order chi connectivity index (χ0) is 26.8. The summed E-state index contributed by atoms with van der Waals surface area (Å²) < 4.78 is 45.1. The minimum atomic E-state index is -4.38. The number of alkyl halides is 3. The summed E-state index contributed by atoms with van der Waals surface area (Å²) in [5.41, 5.74) is -0.790. The number of likely N-dealkylation sites (N-methyl/N-ethyl adjacent to an activating group) is 1. The van der Waals surface area contributed by atoms with Crippen molar-refractivity contribution in [3.05, 3.63) is 35.4 Å². The van der Waals surface area contributed by atoms with Gasteiger partial charge in [-0.15, -0.1) is 0 Å². The van der Waals surface area contributed by atoms with Gasteiger partial charge in [-0.2, -0.15) is 13.2 Å². The van der Waals surface area contributed by atoms with Gasteiger partial charge in [0.1, 0.15) is 5.60 Å². The van der Waals surface area contributed by atoms with Gasteiger partial charge in [0.2, 0.25) is 5.91 Å². The SMILES string of the molecule is CN[C@@H](CC(C)C)C(=O)N(C(=O)OC(C)(C)C)[C@@H]1CC[C@H]2CN(Cc3cccc(C(F)(F)F)c3)C[C@H]21. The van der Waals surface area contributed by atoms with Gasteiger partial charge in [0.25, 0.3) is 0 Å². The second-order valence-electron chi connectivity index (χ2n) is 11.6. The highest BCUT2D eigenvalue weighted by atomic mass is 19.4. The van der Waals surface area contributed by atoms with E-state index in [2.05, 4.69) is 10.2 Å². The molecular weight excluding hydrogens is 471 g/mol. The van der Waals surface area contributed by atoms with Crippen molar-refractivity contribution in [2.45, 2.75) is 84.3 Å². The first-order valence-corrected chi connectivity index (χ1v) is 12.8. The predicted molar refractivity (Wildman–Crippen MR) is 132 cm³/mol. The third-order valence-corrected chi connectivity index (χ3v) is 7.07. The molecule has 0 radical (unpaired) electrons. The van der Waals surface area contributed by atoms with E-state index in [0.717, 1.165) is 19.0 Å². The molecule has 0 bridgehead atoms. The lowest BCUT2D eigenvalue weighted by Crippen LogP contribution is -2.55. The molecule has 36 heavy (non-hydrogen) atoms. The molecule has 1 saturated heterocycles. The van der Waals surface area contributed by atoms with Crippen LogP contribution in [0.15, 0.2) is 24.3 Å². The Morgan fingerprint density at radius 2 is 1.86 bits per heavy atom. The number of nitrogens with zero attached hydrogens (tertiary/aromatic N) is 2. The molecule has 3 rings (SSSR count). The summed E-state index contributed by atoms with van der Waals surface area (Å²) >= 11 is 0. The van der Waals surface area contributed by atoms with Crippen LogP contribution < -0.4 is 5.32 Å². The van der Waals surface area contributed by atoms with Crippen LogP contribution in [0, 0.1) is 17.8 Å². The molecule has 2 aliphatic rings. The quantitative estimate of drug-likeness (QED) is 0.537. The van der Waals surface area contributed by atoms with Crippen molar-refractivity contribution in [2.24, 2.45) is 17.8 Å². The van der Waals surface area contributed by atoms with E-state index in [1.807, 2.05) is 13.8 Å². The molecule has 1 aliphatic carbocycles. The number of rotatable bonds is 7. The number of fused-ring (bicyclic) bond motifs is 1. The van der Waals surface area contributed by atoms with Gasteiger partial charge < -0.3 is 10.1 Å². The Balaban J connectivity index is 1.79. The third kappa shape index (κ3) is 7.00. The Morgan fingerprint density at radius 1 is 1.17 bits per heavy atom. The highest BCUT2D eigenvalue weighted by molar-refractivity contribution is 5.95. The predicted octanol–water partition coefficient (Wildman–Crippen LogP) is 5.31. The zero-order valence-corrected chi connectivity index (χ0v) is 22.2. The van der Waals surface area contributed by atoms with E-state index in [0.29, 0.717) is 31.5 Å². The van der Waals surface area contributed by atoms with Crippen LogP contribution >= 0.6 is 0 Å². The van der Waals surface area contributed by atoms with Gasteiger partial charge in [0, 0.05) is 25.7 Å². The number of hydrogen-bond donors (Lipinski definition) is 1. The fourth-order valence-electron chi connectivity index (χ4n) is 5.56. The lowest BCUT2D eigenvalue weighted by Gasteiger charge is -2.35. The average molecular weight is 512 g/mol. The van der Waals surface area contributed by atoms with Gasteiger partial charge in [-0.05, 0) is 76.5 Å². The lowest BCUT2D eigenvalue weighted by molar-refractivity contribution is -0.138. The van der Waals surface area contributed by atoms with E-state index in [9.17, 15) is 22.8 Å². The first-order chi connectivity index (χ1) is 16.7. The van der Waals surface area contributed by atoms with Crippen LogP contribution in [0.25, 0.3) is 0 Å². The van der Waals surface area contributed by atoms with Gasteiger partial charge in [0.15, 0.2) is 0 Å². The van der Waals surface area contributed by atoms with Crippen molar-refractivity contribution >= 4 is 12.0 Å². The minimum Gasteiger partial charge on any atom is -0.443 e. The topological polar surface area (TPSA) is 61.9 Å². The van der Waals surface area contributed by atoms with Crippen molar-refractivity contribution in [3.63, 3.8) is 0 Å². The summed E-state index contributed by atoms with van der Waals surface area (Å²) in [7, 11) is 1.72. The Hall–Kier alpha value is -2.13. The molecule has 4 atom stereocenters. The summed E-state index contributed by atoms with van der Waals surface area (Å²) in [6.07, 6.45) is -2.85. The van der Waals surface area contributed by atoms with Crippen LogP contribution in [-0.2, 0) is 22.3 Å². The maximum atomic E-state index is 13.7. The van der Waals surface area contributed by atoms with E-state index in [1.165, 1.54) is 17.0 Å². The van der Waals surface area contributed by atoms with Crippen LogP contribution in [0.3, 0.4) is 0 Å². The fourth-order valence-corrected chi connectivity index (χ4v) is 5.56. The number of carbonyl (C=O) groups is 2. The van der Waals surface area contributed by atoms with Crippen molar-refractivity contribution in [3.8, 4) is 0 Å². The molecular formula is C27H40F3N3O3. The van der Waals surface area contributed by atoms with Gasteiger partial charge >= 0.3 is 12.3 Å². The van der Waals surface area contributed by atoms with Crippen LogP contribution in [0.1, 0.15) is 65.0 Å². The van der Waals surface area contributed by atoms with E-state index in [4.69, 9.17) is 4.74 Å². The Bertz CT molecular complexity index is 929. The molecule has 2 amide bonds. The Labute approximate surface area is 212 Å². The first-order valence-electron chi connectivity index (χ1n) is 12.8. The van der Waals surface area contributed by atoms with Gasteiger partial charge in [-0.3, -0.25) is 9.69 Å². The minimum absolute atomic E-state index is 0.0591. The van der Waals surface area contributed by atoms with E-state index in [-0.39, 0.29) is 29.7 Å². The smallest absolute Gasteiger partial charge is 0.417 e. The molecule has 6 nitrogen and oxygen atoms in total. The molecule has 2 fully saturated rings. The third-order valence-electron chi connectivity index (χ3n) is 7.07. The van der Waals surface area contributed by atoms with Crippen LogP contribution in [0.5, 0.6) is 0 Å². The fraction of sp³-hybridized carbons (Fsp3) is 0.704. The summed E-state index contributed by atoms with van der Waals surface area (Å²) in [4.78, 5) is 30.5. The number of imide groups is 1. The Morgan fingerprint density at radius 3 is 2.44 bits per heavy atom. The molecule has 9 heteroatoms. The summed E-state index contributed by atoms with van der Waals surface area (Å²) in [6, 6.07) is 4.63. The monoisotopic (exact) mass is 511 g/mol. The van der Waals surface area contributed by atoms with Crippen molar-refractivity contribution in [1.29, 1.82) is 0 Å². The van der Waals surface area contributed by atoms with Crippen LogP contribution in [0.2, 0.25) is 0 Å². The number of carbonyl (C=O) groups excluding carboxylic acids is 2. The lowest BCUT2D eigenvalue weighted by atomic mass is 9.95. The normalized spacial score (nSPS) is 23.6. The van der Waals surface area contributed by atoms with E-state index in [1.54, 1.807) is 33.9 Å². The zero-order valence-electron chi connectivity index (χ0n) is 22.2. The van der Waals surface area contributed by atoms with Crippen molar-refractivity contribution in [2.75, 3.05) is 20.1 Å². The van der Waals surface area contributed by atoms with Crippen LogP contribution in [-0.4, -0.2) is 59.6 Å². The molecule has 1 saturated carbocycles. The van der Waals surface area contributed by atoms with Gasteiger partial charge in [-0.1, -0.05) is 32.0 Å². The summed E-state index contributed by atoms with van der Waals surface area (Å²) in [5.74, 6) is 0.320. The number of hydrogen-bond acceptors (Lipinski definition) is 5. The number of likely N-dealkylation sites (tertiary alicyclic amines) is 1. The number of nitrogens with one attached hydrogen (secondary N) is 1. The second kappa shape index (κ2) is 11.1. The van der Waals surface area contributed by atoms with Gasteiger partial charge in [0.05, 0.1) is 11.6 Å².